The summed E-state index contributed by atoms with van der Waals surface area (Å²) in [5.74, 6) is 0.976. The van der Waals surface area contributed by atoms with Gasteiger partial charge in [0.25, 0.3) is 0 Å². The second-order valence-electron chi connectivity index (χ2n) is 7.61. The fraction of sp³-hybridized carbons (Fsp3) is 0.417. The van der Waals surface area contributed by atoms with Gasteiger partial charge in [0.2, 0.25) is 0 Å². The van der Waals surface area contributed by atoms with Crippen molar-refractivity contribution in [3.05, 3.63) is 65.4 Å². The first-order valence-corrected chi connectivity index (χ1v) is 10.3. The van der Waals surface area contributed by atoms with Crippen molar-refractivity contribution < 1.29 is 9.15 Å². The molecular weight excluding hydrogens is 348 g/mol. The molecular formula is C24H30N2O2. The van der Waals surface area contributed by atoms with E-state index < -0.39 is 0 Å². The van der Waals surface area contributed by atoms with E-state index in [0.29, 0.717) is 6.61 Å². The van der Waals surface area contributed by atoms with Crippen LogP contribution in [0.4, 0.5) is 5.69 Å². The van der Waals surface area contributed by atoms with E-state index in [1.807, 2.05) is 12.1 Å². The zero-order valence-electron chi connectivity index (χ0n) is 17.1. The Hall–Kier alpha value is -2.30. The van der Waals surface area contributed by atoms with Gasteiger partial charge < -0.3 is 14.1 Å². The van der Waals surface area contributed by atoms with Crippen molar-refractivity contribution in [3.8, 4) is 0 Å². The number of benzene rings is 2. The second kappa shape index (κ2) is 8.38. The highest BCUT2D eigenvalue weighted by Gasteiger charge is 2.26. The molecule has 4 heteroatoms. The Balaban J connectivity index is 1.46. The van der Waals surface area contributed by atoms with Crippen molar-refractivity contribution in [2.24, 2.45) is 0 Å². The molecule has 2 aromatic carbocycles. The van der Waals surface area contributed by atoms with Crippen LogP contribution < -0.4 is 4.90 Å². The van der Waals surface area contributed by atoms with Crippen molar-refractivity contribution in [1.82, 2.24) is 4.90 Å². The van der Waals surface area contributed by atoms with Gasteiger partial charge in [-0.25, -0.2) is 0 Å². The number of aryl methyl sites for hydroxylation is 2. The lowest BCUT2D eigenvalue weighted by molar-refractivity contribution is 0.0181. The molecule has 3 aromatic rings. The van der Waals surface area contributed by atoms with Gasteiger partial charge in [-0.3, -0.25) is 4.90 Å². The standard InChI is InChI=1S/C24H30N2O2/c1-4-27-23(24-19(3)20-10-6-8-12-22(20)28-24)17-25-13-15-26(16-14-25)21-11-7-5-9-18(21)2/h5-12,23H,4,13-17H2,1-3H3/t23-/m1/s1. The Morgan fingerprint density at radius 2 is 1.68 bits per heavy atom. The molecule has 2 heterocycles. The molecule has 0 bridgehead atoms. The Labute approximate surface area is 167 Å². The third kappa shape index (κ3) is 3.80. The summed E-state index contributed by atoms with van der Waals surface area (Å²) < 4.78 is 12.3. The summed E-state index contributed by atoms with van der Waals surface area (Å²) in [7, 11) is 0. The molecule has 0 radical (unpaired) electrons. The van der Waals surface area contributed by atoms with Gasteiger partial charge in [0.05, 0.1) is 0 Å². The van der Waals surface area contributed by atoms with E-state index in [0.717, 1.165) is 44.1 Å². The van der Waals surface area contributed by atoms with Gasteiger partial charge in [0.1, 0.15) is 17.4 Å². The van der Waals surface area contributed by atoms with Crippen LogP contribution >= 0.6 is 0 Å². The summed E-state index contributed by atoms with van der Waals surface area (Å²) in [6.45, 7) is 12.1. The minimum Gasteiger partial charge on any atom is -0.458 e. The Morgan fingerprint density at radius 3 is 2.39 bits per heavy atom. The fourth-order valence-corrected chi connectivity index (χ4v) is 4.24. The number of hydrogen-bond donors (Lipinski definition) is 0. The number of ether oxygens (including phenoxy) is 1. The lowest BCUT2D eigenvalue weighted by Gasteiger charge is -2.38. The van der Waals surface area contributed by atoms with Crippen molar-refractivity contribution in [1.29, 1.82) is 0 Å². The molecule has 0 aliphatic carbocycles. The van der Waals surface area contributed by atoms with Gasteiger partial charge in [-0.05, 0) is 38.5 Å². The van der Waals surface area contributed by atoms with Crippen molar-refractivity contribution in [2.75, 3.05) is 44.2 Å². The summed E-state index contributed by atoms with van der Waals surface area (Å²) in [4.78, 5) is 5.00. The van der Waals surface area contributed by atoms with Gasteiger partial charge in [0.15, 0.2) is 0 Å². The second-order valence-corrected chi connectivity index (χ2v) is 7.61. The van der Waals surface area contributed by atoms with Crippen molar-refractivity contribution >= 4 is 16.7 Å². The highest BCUT2D eigenvalue weighted by Crippen LogP contribution is 2.32. The summed E-state index contributed by atoms with van der Waals surface area (Å²) in [6, 6.07) is 16.9. The number of furan rings is 1. The first-order chi connectivity index (χ1) is 13.7. The summed E-state index contributed by atoms with van der Waals surface area (Å²) in [5, 5.41) is 1.19. The molecule has 0 amide bonds. The number of anilines is 1. The average Bonchev–Trinajstić information content (AvgIpc) is 3.06. The Bertz CT molecular complexity index is 925. The molecule has 4 nitrogen and oxygen atoms in total. The largest absolute Gasteiger partial charge is 0.458 e. The van der Waals surface area contributed by atoms with E-state index in [-0.39, 0.29) is 6.10 Å². The van der Waals surface area contributed by atoms with Crippen LogP contribution in [0.15, 0.2) is 52.9 Å². The maximum Gasteiger partial charge on any atom is 0.138 e. The van der Waals surface area contributed by atoms with Gasteiger partial charge in [-0.1, -0.05) is 36.4 Å². The summed E-state index contributed by atoms with van der Waals surface area (Å²) >= 11 is 0. The first-order valence-electron chi connectivity index (χ1n) is 10.3. The van der Waals surface area contributed by atoms with E-state index >= 15 is 0 Å². The minimum absolute atomic E-state index is 0.0255. The Kier molecular flexibility index (Phi) is 5.69. The highest BCUT2D eigenvalue weighted by molar-refractivity contribution is 5.82. The lowest BCUT2D eigenvalue weighted by Crippen LogP contribution is -2.48. The highest BCUT2D eigenvalue weighted by atomic mass is 16.5. The van der Waals surface area contributed by atoms with Crippen LogP contribution in [-0.4, -0.2) is 44.2 Å². The lowest BCUT2D eigenvalue weighted by atomic mass is 10.1. The van der Waals surface area contributed by atoms with Gasteiger partial charge in [-0.2, -0.15) is 0 Å². The number of piperazine rings is 1. The average molecular weight is 379 g/mol. The third-order valence-electron chi connectivity index (χ3n) is 5.79. The number of hydrogen-bond acceptors (Lipinski definition) is 4. The van der Waals surface area contributed by atoms with Crippen LogP contribution in [0.25, 0.3) is 11.0 Å². The van der Waals surface area contributed by atoms with E-state index in [9.17, 15) is 0 Å². The van der Waals surface area contributed by atoms with Crippen LogP contribution in [0.3, 0.4) is 0 Å². The topological polar surface area (TPSA) is 28.9 Å². The molecule has 0 saturated carbocycles. The van der Waals surface area contributed by atoms with Gasteiger partial charge in [-0.15, -0.1) is 0 Å². The number of rotatable bonds is 6. The van der Waals surface area contributed by atoms with Crippen molar-refractivity contribution in [3.63, 3.8) is 0 Å². The van der Waals surface area contributed by atoms with Crippen LogP contribution in [0.1, 0.15) is 29.9 Å². The van der Waals surface area contributed by atoms with E-state index in [4.69, 9.17) is 9.15 Å². The van der Waals surface area contributed by atoms with Gasteiger partial charge >= 0.3 is 0 Å². The number of nitrogens with zero attached hydrogens (tertiary/aromatic N) is 2. The molecule has 0 spiro atoms. The quantitative estimate of drug-likeness (QED) is 0.607. The van der Waals surface area contributed by atoms with Gasteiger partial charge in [0, 0.05) is 56.0 Å². The maximum absolute atomic E-state index is 6.20. The molecule has 1 aliphatic heterocycles. The van der Waals surface area contributed by atoms with Crippen LogP contribution in [0.5, 0.6) is 0 Å². The Morgan fingerprint density at radius 1 is 0.964 bits per heavy atom. The predicted octanol–water partition coefficient (Wildman–Crippen LogP) is 4.95. The van der Waals surface area contributed by atoms with Crippen LogP contribution in [-0.2, 0) is 4.74 Å². The molecule has 148 valence electrons. The monoisotopic (exact) mass is 378 g/mol. The summed E-state index contributed by atoms with van der Waals surface area (Å²) in [6.07, 6.45) is -0.0255. The van der Waals surface area contributed by atoms with Crippen molar-refractivity contribution in [2.45, 2.75) is 26.9 Å². The van der Waals surface area contributed by atoms with Crippen LogP contribution in [0, 0.1) is 13.8 Å². The molecule has 0 N–H and O–H groups in total. The SMILES string of the molecule is CCO[C@H](CN1CCN(c2ccccc2C)CC1)c1oc2ccccc2c1C. The zero-order chi connectivity index (χ0) is 19.5. The molecule has 0 unspecified atom stereocenters. The third-order valence-corrected chi connectivity index (χ3v) is 5.79. The molecule has 1 saturated heterocycles. The molecule has 1 aliphatic rings. The number of fused-ring (bicyclic) bond motifs is 1. The molecule has 1 fully saturated rings. The van der Waals surface area contributed by atoms with E-state index in [1.165, 1.54) is 22.2 Å². The maximum atomic E-state index is 6.20. The zero-order valence-corrected chi connectivity index (χ0v) is 17.1. The van der Waals surface area contributed by atoms with E-state index in [2.05, 4.69) is 67.0 Å². The smallest absolute Gasteiger partial charge is 0.138 e. The summed E-state index contributed by atoms with van der Waals surface area (Å²) in [5.41, 5.74) is 4.86. The normalized spacial score (nSPS) is 16.6. The number of para-hydroxylation sites is 2. The first kappa shape index (κ1) is 19.0. The minimum atomic E-state index is -0.0255. The molecule has 1 aromatic heterocycles. The van der Waals surface area contributed by atoms with E-state index in [1.54, 1.807) is 0 Å². The molecule has 1 atom stereocenters. The molecule has 4 rings (SSSR count). The fourth-order valence-electron chi connectivity index (χ4n) is 4.24. The molecule has 28 heavy (non-hydrogen) atoms. The predicted molar refractivity (Wildman–Crippen MR) is 115 cm³/mol. The van der Waals surface area contributed by atoms with Crippen LogP contribution in [0.2, 0.25) is 0 Å².